The minimum absolute atomic E-state index is 0.220. The predicted octanol–water partition coefficient (Wildman–Crippen LogP) is 2.68. The van der Waals surface area contributed by atoms with E-state index in [4.69, 9.17) is 4.74 Å². The number of alkyl halides is 2. The molecular weight excluding hydrogens is 378 g/mol. The van der Waals surface area contributed by atoms with Crippen molar-refractivity contribution in [2.75, 3.05) is 13.1 Å². The molecule has 9 heteroatoms. The highest BCUT2D eigenvalue weighted by Crippen LogP contribution is 2.25. The van der Waals surface area contributed by atoms with Gasteiger partial charge in [0.15, 0.2) is 0 Å². The van der Waals surface area contributed by atoms with Gasteiger partial charge in [-0.05, 0) is 25.1 Å². The third kappa shape index (κ3) is 4.08. The first-order valence-electron chi connectivity index (χ1n) is 8.29. The smallest absolute Gasteiger partial charge is 0.341 e. The van der Waals surface area contributed by atoms with E-state index in [2.05, 4.69) is 4.98 Å². The first-order chi connectivity index (χ1) is 12.8. The average molecular weight is 396 g/mol. The van der Waals surface area contributed by atoms with Gasteiger partial charge in [0.1, 0.15) is 6.10 Å². The van der Waals surface area contributed by atoms with Crippen LogP contribution < -0.4 is 4.74 Å². The van der Waals surface area contributed by atoms with E-state index in [1.54, 1.807) is 12.1 Å². The molecule has 1 aromatic carbocycles. The van der Waals surface area contributed by atoms with E-state index in [-0.39, 0.29) is 18.2 Å². The first-order valence-corrected chi connectivity index (χ1v) is 9.84. The summed E-state index contributed by atoms with van der Waals surface area (Å²) in [5.41, 5.74) is 0.539. The van der Waals surface area contributed by atoms with Crippen molar-refractivity contribution in [2.45, 2.75) is 30.1 Å². The molecule has 1 amide bonds. The maximum atomic E-state index is 12.9. The summed E-state index contributed by atoms with van der Waals surface area (Å²) in [6.07, 6.45) is 0.229. The van der Waals surface area contributed by atoms with Crippen LogP contribution in [0.5, 0.6) is 5.88 Å². The Hall–Kier alpha value is -2.55. The zero-order chi connectivity index (χ0) is 19.6. The molecule has 1 atom stereocenters. The van der Waals surface area contributed by atoms with Gasteiger partial charge >= 0.3 is 5.76 Å². The van der Waals surface area contributed by atoms with Crippen molar-refractivity contribution >= 4 is 15.7 Å². The van der Waals surface area contributed by atoms with Gasteiger partial charge in [0.25, 0.3) is 5.91 Å². The number of halogens is 2. The van der Waals surface area contributed by atoms with Crippen molar-refractivity contribution in [2.24, 2.45) is 0 Å². The second-order valence-corrected chi connectivity index (χ2v) is 8.08. The third-order valence-electron chi connectivity index (χ3n) is 4.24. The first kappa shape index (κ1) is 19.2. The lowest BCUT2D eigenvalue weighted by atomic mass is 10.2. The number of nitrogens with zero attached hydrogens (tertiary/aromatic N) is 2. The molecule has 3 rings (SSSR count). The number of benzene rings is 1. The van der Waals surface area contributed by atoms with Crippen molar-refractivity contribution in [3.63, 3.8) is 0 Å². The summed E-state index contributed by atoms with van der Waals surface area (Å²) < 4.78 is 55.3. The number of aromatic nitrogens is 1. The molecule has 1 saturated heterocycles. The standard InChI is InChI=1S/C18H18F2N2O4S/c1-12-5-4-8-16(21-12)26-13-9-10-22(11-13)17(23)14-6-2-3-7-15(14)27(24,25)18(19)20/h2-8,13,18H,9-11H2,1H3/t13-/m0/s1. The molecule has 6 nitrogen and oxygen atoms in total. The molecule has 2 heterocycles. The Bertz CT molecular complexity index is 950. The second kappa shape index (κ2) is 7.59. The summed E-state index contributed by atoms with van der Waals surface area (Å²) in [4.78, 5) is 17.7. The van der Waals surface area contributed by atoms with Crippen molar-refractivity contribution in [3.05, 3.63) is 53.7 Å². The summed E-state index contributed by atoms with van der Waals surface area (Å²) in [5, 5.41) is 0. The van der Waals surface area contributed by atoms with Crippen LogP contribution >= 0.6 is 0 Å². The largest absolute Gasteiger partial charge is 0.472 e. The second-order valence-electron chi connectivity index (χ2n) is 6.20. The highest BCUT2D eigenvalue weighted by Gasteiger charge is 2.34. The van der Waals surface area contributed by atoms with Crippen molar-refractivity contribution < 1.29 is 26.7 Å². The number of likely N-dealkylation sites (tertiary alicyclic amines) is 1. The highest BCUT2D eigenvalue weighted by molar-refractivity contribution is 7.91. The fourth-order valence-corrected chi connectivity index (χ4v) is 3.84. The number of sulfone groups is 1. The van der Waals surface area contributed by atoms with Gasteiger partial charge < -0.3 is 9.64 Å². The topological polar surface area (TPSA) is 76.6 Å². The van der Waals surface area contributed by atoms with Crippen LogP contribution in [-0.2, 0) is 9.84 Å². The van der Waals surface area contributed by atoms with Crippen LogP contribution in [0.25, 0.3) is 0 Å². The Morgan fingerprint density at radius 1 is 1.22 bits per heavy atom. The Kier molecular flexibility index (Phi) is 5.41. The van der Waals surface area contributed by atoms with E-state index in [1.807, 2.05) is 13.0 Å². The zero-order valence-corrected chi connectivity index (χ0v) is 15.3. The van der Waals surface area contributed by atoms with Gasteiger partial charge in [0, 0.05) is 24.7 Å². The van der Waals surface area contributed by atoms with Crippen molar-refractivity contribution in [1.82, 2.24) is 9.88 Å². The number of carbonyl (C=O) groups is 1. The van der Waals surface area contributed by atoms with Crippen LogP contribution in [0.1, 0.15) is 22.5 Å². The lowest BCUT2D eigenvalue weighted by molar-refractivity contribution is 0.0767. The van der Waals surface area contributed by atoms with E-state index < -0.39 is 26.4 Å². The molecule has 0 bridgehead atoms. The number of carbonyl (C=O) groups excluding carboxylic acids is 1. The SMILES string of the molecule is Cc1cccc(O[C@H]2CCN(C(=O)c3ccccc3S(=O)(=O)C(F)F)C2)n1. The Morgan fingerprint density at radius 2 is 1.96 bits per heavy atom. The van der Waals surface area contributed by atoms with E-state index in [1.165, 1.54) is 23.1 Å². The van der Waals surface area contributed by atoms with E-state index in [0.717, 1.165) is 11.8 Å². The number of hydrogen-bond acceptors (Lipinski definition) is 5. The summed E-state index contributed by atoms with van der Waals surface area (Å²) in [5.74, 6) is -3.76. The molecule has 1 fully saturated rings. The van der Waals surface area contributed by atoms with Gasteiger partial charge in [-0.1, -0.05) is 18.2 Å². The monoisotopic (exact) mass is 396 g/mol. The van der Waals surface area contributed by atoms with Gasteiger partial charge in [-0.15, -0.1) is 0 Å². The number of rotatable bonds is 5. The molecule has 0 radical (unpaired) electrons. The Labute approximate surface area is 155 Å². The average Bonchev–Trinajstić information content (AvgIpc) is 3.09. The fourth-order valence-electron chi connectivity index (χ4n) is 2.92. The molecule has 1 aliphatic rings. The minimum Gasteiger partial charge on any atom is -0.472 e. The maximum Gasteiger partial charge on any atom is 0.341 e. The molecular formula is C18H18F2N2O4S. The summed E-state index contributed by atoms with van der Waals surface area (Å²) in [6.45, 7) is 2.38. The van der Waals surface area contributed by atoms with Crippen molar-refractivity contribution in [1.29, 1.82) is 0 Å². The summed E-state index contributed by atoms with van der Waals surface area (Å²) in [6, 6.07) is 10.4. The molecule has 0 unspecified atom stereocenters. The van der Waals surface area contributed by atoms with Crippen LogP contribution in [0.3, 0.4) is 0 Å². The van der Waals surface area contributed by atoms with E-state index in [0.29, 0.717) is 18.8 Å². The van der Waals surface area contributed by atoms with Gasteiger partial charge in [-0.25, -0.2) is 13.4 Å². The van der Waals surface area contributed by atoms with Gasteiger partial charge in [-0.2, -0.15) is 8.78 Å². The summed E-state index contributed by atoms with van der Waals surface area (Å²) in [7, 11) is -4.87. The third-order valence-corrected chi connectivity index (χ3v) is 5.68. The van der Waals surface area contributed by atoms with Crippen LogP contribution in [0.15, 0.2) is 47.4 Å². The highest BCUT2D eigenvalue weighted by atomic mass is 32.2. The lowest BCUT2D eigenvalue weighted by Crippen LogP contribution is -2.32. The van der Waals surface area contributed by atoms with Crippen LogP contribution in [0.2, 0.25) is 0 Å². The van der Waals surface area contributed by atoms with Gasteiger partial charge in [0.2, 0.25) is 15.7 Å². The molecule has 1 aliphatic heterocycles. The van der Waals surface area contributed by atoms with Crippen LogP contribution in [0.4, 0.5) is 8.78 Å². The number of hydrogen-bond donors (Lipinski definition) is 0. The summed E-state index contributed by atoms with van der Waals surface area (Å²) >= 11 is 0. The number of pyridine rings is 1. The molecule has 0 aliphatic carbocycles. The fraction of sp³-hybridized carbons (Fsp3) is 0.333. The van der Waals surface area contributed by atoms with E-state index >= 15 is 0 Å². The lowest BCUT2D eigenvalue weighted by Gasteiger charge is -2.18. The normalized spacial score (nSPS) is 17.3. The van der Waals surface area contributed by atoms with Gasteiger partial charge in [-0.3, -0.25) is 4.79 Å². The zero-order valence-electron chi connectivity index (χ0n) is 14.5. The van der Waals surface area contributed by atoms with Crippen LogP contribution in [-0.4, -0.2) is 49.2 Å². The molecule has 0 spiro atoms. The van der Waals surface area contributed by atoms with Crippen molar-refractivity contribution in [3.8, 4) is 5.88 Å². The Morgan fingerprint density at radius 3 is 2.67 bits per heavy atom. The molecule has 27 heavy (non-hydrogen) atoms. The minimum atomic E-state index is -4.87. The predicted molar refractivity (Wildman–Crippen MR) is 93.5 cm³/mol. The molecule has 0 N–H and O–H groups in total. The molecule has 1 aromatic heterocycles. The Balaban J connectivity index is 1.76. The maximum absolute atomic E-state index is 12.9. The molecule has 144 valence electrons. The number of aryl methyl sites for hydroxylation is 1. The van der Waals surface area contributed by atoms with Gasteiger partial charge in [0.05, 0.1) is 17.0 Å². The number of ether oxygens (including phenoxy) is 1. The molecule has 2 aromatic rings. The quantitative estimate of drug-likeness (QED) is 0.777. The van der Waals surface area contributed by atoms with E-state index in [9.17, 15) is 22.0 Å². The molecule has 0 saturated carbocycles. The van der Waals surface area contributed by atoms with Crippen LogP contribution in [0, 0.1) is 6.92 Å². The number of amides is 1.